The number of anilines is 1. The van der Waals surface area contributed by atoms with Gasteiger partial charge in [0.05, 0.1) is 13.0 Å². The van der Waals surface area contributed by atoms with Crippen LogP contribution in [0, 0.1) is 0 Å². The molecule has 0 aliphatic heterocycles. The molecule has 7 heteroatoms. The molecule has 138 valence electrons. The van der Waals surface area contributed by atoms with Gasteiger partial charge in [0.1, 0.15) is 0 Å². The SMILES string of the molecule is CSS(=O)(=O)OCCC(=O)Nc1ccc2ccc3cccc4ccc1c2c34. The fourth-order valence-electron chi connectivity index (χ4n) is 3.34. The van der Waals surface area contributed by atoms with E-state index in [1.165, 1.54) is 11.6 Å². The zero-order chi connectivity index (χ0) is 19.0. The summed E-state index contributed by atoms with van der Waals surface area (Å²) in [5, 5.41) is 9.56. The summed E-state index contributed by atoms with van der Waals surface area (Å²) in [6, 6.07) is 18.3. The third kappa shape index (κ3) is 3.45. The minimum Gasteiger partial charge on any atom is -0.325 e. The highest BCUT2D eigenvalue weighted by atomic mass is 33.1. The summed E-state index contributed by atoms with van der Waals surface area (Å²) in [6.07, 6.45) is 1.38. The van der Waals surface area contributed by atoms with Crippen LogP contribution < -0.4 is 5.32 Å². The summed E-state index contributed by atoms with van der Waals surface area (Å²) in [7, 11) is -3.01. The van der Waals surface area contributed by atoms with Crippen molar-refractivity contribution in [2.75, 3.05) is 18.2 Å². The Morgan fingerprint density at radius 3 is 2.30 bits per heavy atom. The fourth-order valence-corrected chi connectivity index (χ4v) is 4.22. The van der Waals surface area contributed by atoms with Crippen molar-refractivity contribution in [1.82, 2.24) is 0 Å². The van der Waals surface area contributed by atoms with E-state index in [-0.39, 0.29) is 18.9 Å². The first-order valence-electron chi connectivity index (χ1n) is 8.40. The molecular formula is C20H17NO4S2. The molecule has 4 aromatic rings. The van der Waals surface area contributed by atoms with Crippen LogP contribution >= 0.6 is 10.8 Å². The summed E-state index contributed by atoms with van der Waals surface area (Å²) in [5.41, 5.74) is 0.707. The number of hydrogen-bond acceptors (Lipinski definition) is 5. The normalized spacial score (nSPS) is 12.2. The van der Waals surface area contributed by atoms with E-state index in [1.807, 2.05) is 30.3 Å². The number of hydrogen-bond donors (Lipinski definition) is 1. The number of carbonyl (C=O) groups is 1. The maximum absolute atomic E-state index is 12.3. The first-order valence-corrected chi connectivity index (χ1v) is 11.5. The molecular weight excluding hydrogens is 382 g/mol. The lowest BCUT2D eigenvalue weighted by atomic mass is 9.93. The number of rotatable bonds is 6. The molecule has 0 saturated heterocycles. The molecule has 0 spiro atoms. The lowest BCUT2D eigenvalue weighted by Crippen LogP contribution is -2.15. The summed E-state index contributed by atoms with van der Waals surface area (Å²) >= 11 is 0. The lowest BCUT2D eigenvalue weighted by Gasteiger charge is -2.14. The van der Waals surface area contributed by atoms with Crippen LogP contribution in [-0.2, 0) is 18.1 Å². The summed E-state index contributed by atoms with van der Waals surface area (Å²) in [5.74, 6) is -0.290. The van der Waals surface area contributed by atoms with Gasteiger partial charge in [0.25, 0.3) is 0 Å². The van der Waals surface area contributed by atoms with Crippen molar-refractivity contribution in [2.24, 2.45) is 0 Å². The van der Waals surface area contributed by atoms with E-state index in [4.69, 9.17) is 4.18 Å². The van der Waals surface area contributed by atoms with E-state index in [0.717, 1.165) is 26.9 Å². The summed E-state index contributed by atoms with van der Waals surface area (Å²) in [4.78, 5) is 12.3. The van der Waals surface area contributed by atoms with Crippen LogP contribution in [0.2, 0.25) is 0 Å². The second-order valence-electron chi connectivity index (χ2n) is 6.16. The van der Waals surface area contributed by atoms with Gasteiger partial charge in [-0.2, -0.15) is 8.42 Å². The van der Waals surface area contributed by atoms with E-state index < -0.39 is 9.15 Å². The predicted octanol–water partition coefficient (Wildman–Crippen LogP) is 4.54. The van der Waals surface area contributed by atoms with Crippen LogP contribution in [0.15, 0.2) is 54.6 Å². The molecule has 0 bridgehead atoms. The quantitative estimate of drug-likeness (QED) is 0.381. The van der Waals surface area contributed by atoms with Gasteiger partial charge in [-0.15, -0.1) is 0 Å². The van der Waals surface area contributed by atoms with E-state index in [2.05, 4.69) is 29.6 Å². The highest BCUT2D eigenvalue weighted by Gasteiger charge is 2.13. The Balaban J connectivity index is 1.65. The van der Waals surface area contributed by atoms with E-state index in [1.54, 1.807) is 0 Å². The fraction of sp³-hybridized carbons (Fsp3) is 0.150. The lowest BCUT2D eigenvalue weighted by molar-refractivity contribution is -0.116. The largest absolute Gasteiger partial charge is 0.325 e. The Labute approximate surface area is 160 Å². The Bertz CT molecular complexity index is 1240. The molecule has 0 fully saturated rings. The summed E-state index contributed by atoms with van der Waals surface area (Å²) in [6.45, 7) is -0.180. The van der Waals surface area contributed by atoms with Crippen molar-refractivity contribution in [3.05, 3.63) is 54.6 Å². The van der Waals surface area contributed by atoms with Crippen LogP contribution in [0.4, 0.5) is 5.69 Å². The Morgan fingerprint density at radius 1 is 0.963 bits per heavy atom. The zero-order valence-corrected chi connectivity index (χ0v) is 16.2. The number of benzene rings is 4. The van der Waals surface area contributed by atoms with Gasteiger partial charge < -0.3 is 5.32 Å². The van der Waals surface area contributed by atoms with E-state index >= 15 is 0 Å². The van der Waals surface area contributed by atoms with E-state index in [9.17, 15) is 13.2 Å². The minimum atomic E-state index is -3.62. The van der Waals surface area contributed by atoms with Gasteiger partial charge in [-0.05, 0) is 50.0 Å². The third-order valence-electron chi connectivity index (χ3n) is 4.56. The molecule has 27 heavy (non-hydrogen) atoms. The monoisotopic (exact) mass is 399 g/mol. The summed E-state index contributed by atoms with van der Waals surface area (Å²) < 4.78 is 27.4. The Hall–Kier alpha value is -2.35. The molecule has 5 nitrogen and oxygen atoms in total. The van der Waals surface area contributed by atoms with Gasteiger partial charge in [-0.3, -0.25) is 8.98 Å². The van der Waals surface area contributed by atoms with Crippen molar-refractivity contribution in [2.45, 2.75) is 6.42 Å². The first-order chi connectivity index (χ1) is 13.0. The smallest absolute Gasteiger partial charge is 0.321 e. The molecule has 0 aliphatic rings. The van der Waals surface area contributed by atoms with Crippen LogP contribution in [0.1, 0.15) is 6.42 Å². The topological polar surface area (TPSA) is 72.5 Å². The minimum absolute atomic E-state index is 0.0399. The van der Waals surface area contributed by atoms with Crippen LogP contribution in [0.3, 0.4) is 0 Å². The number of carbonyl (C=O) groups excluding carboxylic acids is 1. The van der Waals surface area contributed by atoms with Crippen molar-refractivity contribution in [3.63, 3.8) is 0 Å². The molecule has 0 radical (unpaired) electrons. The molecule has 0 heterocycles. The second-order valence-corrected chi connectivity index (χ2v) is 9.77. The number of nitrogens with one attached hydrogen (secondary N) is 1. The van der Waals surface area contributed by atoms with Gasteiger partial charge in [-0.25, -0.2) is 0 Å². The number of amides is 1. The van der Waals surface area contributed by atoms with Crippen LogP contribution in [0.5, 0.6) is 0 Å². The Kier molecular flexibility index (Phi) is 4.67. The average Bonchev–Trinajstić information content (AvgIpc) is 2.67. The van der Waals surface area contributed by atoms with Gasteiger partial charge >= 0.3 is 9.15 Å². The van der Waals surface area contributed by atoms with Crippen molar-refractivity contribution in [1.29, 1.82) is 0 Å². The molecule has 0 saturated carbocycles. The van der Waals surface area contributed by atoms with Gasteiger partial charge in [0.2, 0.25) is 5.91 Å². The zero-order valence-electron chi connectivity index (χ0n) is 14.6. The maximum Gasteiger partial charge on any atom is 0.321 e. The van der Waals surface area contributed by atoms with Crippen molar-refractivity contribution >= 4 is 63.9 Å². The van der Waals surface area contributed by atoms with Crippen molar-refractivity contribution < 1.29 is 17.4 Å². The molecule has 0 atom stereocenters. The molecule has 0 aromatic heterocycles. The second kappa shape index (κ2) is 6.99. The average molecular weight is 399 g/mol. The standard InChI is InChI=1S/C20H17NO4S2/c1-26-27(23,24)25-12-11-18(22)21-17-10-8-15-6-5-13-3-2-4-14-7-9-16(17)20(15)19(13)14/h2-10H,11-12H2,1H3,(H,21,22). The molecule has 4 rings (SSSR count). The third-order valence-corrected chi connectivity index (χ3v) is 6.94. The maximum atomic E-state index is 12.3. The molecule has 1 N–H and O–H groups in total. The predicted molar refractivity (Wildman–Crippen MR) is 112 cm³/mol. The van der Waals surface area contributed by atoms with Gasteiger partial charge in [-0.1, -0.05) is 48.5 Å². The molecule has 0 unspecified atom stereocenters. The highest BCUT2D eigenvalue weighted by Crippen LogP contribution is 2.37. The highest BCUT2D eigenvalue weighted by molar-refractivity contribution is 8.70. The first kappa shape index (κ1) is 18.0. The molecule has 0 aliphatic carbocycles. The van der Waals surface area contributed by atoms with Gasteiger partial charge in [0.15, 0.2) is 0 Å². The van der Waals surface area contributed by atoms with Crippen LogP contribution in [0.25, 0.3) is 32.3 Å². The van der Waals surface area contributed by atoms with Crippen molar-refractivity contribution in [3.8, 4) is 0 Å². The van der Waals surface area contributed by atoms with Gasteiger partial charge in [0, 0.05) is 11.1 Å². The molecule has 1 amide bonds. The molecule has 4 aromatic carbocycles. The van der Waals surface area contributed by atoms with E-state index in [0.29, 0.717) is 16.5 Å². The Morgan fingerprint density at radius 2 is 1.59 bits per heavy atom. The van der Waals surface area contributed by atoms with Crippen LogP contribution in [-0.4, -0.2) is 27.2 Å².